The lowest BCUT2D eigenvalue weighted by atomic mass is 10.1. The number of ether oxygens (including phenoxy) is 1. The van der Waals surface area contributed by atoms with Gasteiger partial charge in [-0.25, -0.2) is 9.18 Å². The number of halogens is 7. The van der Waals surface area contributed by atoms with E-state index in [1.807, 2.05) is 0 Å². The lowest BCUT2D eigenvalue weighted by Gasteiger charge is -2.14. The van der Waals surface area contributed by atoms with Crippen LogP contribution in [0, 0.1) is 5.82 Å². The molecule has 1 N–H and O–H groups in total. The van der Waals surface area contributed by atoms with E-state index < -0.39 is 47.4 Å². The molecule has 0 aliphatic heterocycles. The second kappa shape index (κ2) is 6.85. The lowest BCUT2D eigenvalue weighted by molar-refractivity contribution is -0.140. The van der Waals surface area contributed by atoms with E-state index in [2.05, 4.69) is 0 Å². The Hall–Kier alpha value is -2.78. The van der Waals surface area contributed by atoms with Crippen LogP contribution < -0.4 is 4.74 Å². The zero-order valence-electron chi connectivity index (χ0n) is 12.6. The third kappa shape index (κ3) is 4.64. The molecular formula is C16H9F7O3. The summed E-state index contributed by atoms with van der Waals surface area (Å²) in [7, 11) is 0. The van der Waals surface area contributed by atoms with Crippen molar-refractivity contribution < 1.29 is 45.4 Å². The standard InChI is InChI=1S/C16H9F7O3/c17-13-10(16(21,22)23)5-6-11(12(13)14(24)25)26-9-3-1-8(2-4-9)7-15(18,19)20/h1-6H,7H2,(H,24,25). The number of carbonyl (C=O) groups is 1. The summed E-state index contributed by atoms with van der Waals surface area (Å²) in [4.78, 5) is 11.1. The first-order valence-corrected chi connectivity index (χ1v) is 6.85. The van der Waals surface area contributed by atoms with Gasteiger partial charge < -0.3 is 9.84 Å². The van der Waals surface area contributed by atoms with Gasteiger partial charge in [0.15, 0.2) is 5.82 Å². The highest BCUT2D eigenvalue weighted by atomic mass is 19.4. The Morgan fingerprint density at radius 1 is 0.962 bits per heavy atom. The molecule has 0 aromatic heterocycles. The SMILES string of the molecule is O=C(O)c1c(Oc2ccc(CC(F)(F)F)cc2)ccc(C(F)(F)F)c1F. The van der Waals surface area contributed by atoms with Crippen LogP contribution in [0.1, 0.15) is 21.5 Å². The highest BCUT2D eigenvalue weighted by Crippen LogP contribution is 2.37. The summed E-state index contributed by atoms with van der Waals surface area (Å²) in [6.45, 7) is 0. The van der Waals surface area contributed by atoms with Gasteiger partial charge in [-0.05, 0) is 29.8 Å². The van der Waals surface area contributed by atoms with Crippen molar-refractivity contribution in [3.63, 3.8) is 0 Å². The summed E-state index contributed by atoms with van der Waals surface area (Å²) in [6, 6.07) is 5.14. The monoisotopic (exact) mass is 382 g/mol. The molecule has 2 rings (SSSR count). The molecule has 0 radical (unpaired) electrons. The number of hydrogen-bond acceptors (Lipinski definition) is 2. The van der Waals surface area contributed by atoms with Crippen LogP contribution in [0.5, 0.6) is 11.5 Å². The molecule has 140 valence electrons. The van der Waals surface area contributed by atoms with Crippen molar-refractivity contribution in [2.75, 3.05) is 0 Å². The van der Waals surface area contributed by atoms with Gasteiger partial charge in [-0.15, -0.1) is 0 Å². The molecule has 3 nitrogen and oxygen atoms in total. The predicted molar refractivity (Wildman–Crippen MR) is 74.6 cm³/mol. The fraction of sp³-hybridized carbons (Fsp3) is 0.188. The highest BCUT2D eigenvalue weighted by Gasteiger charge is 2.37. The molecular weight excluding hydrogens is 373 g/mol. The van der Waals surface area contributed by atoms with Gasteiger partial charge in [-0.2, -0.15) is 26.3 Å². The normalized spacial score (nSPS) is 12.1. The van der Waals surface area contributed by atoms with E-state index in [0.717, 1.165) is 24.3 Å². The van der Waals surface area contributed by atoms with E-state index in [4.69, 9.17) is 9.84 Å². The summed E-state index contributed by atoms with van der Waals surface area (Å²) in [5.74, 6) is -4.89. The van der Waals surface area contributed by atoms with Crippen LogP contribution in [-0.2, 0) is 12.6 Å². The third-order valence-electron chi connectivity index (χ3n) is 3.18. The maximum absolute atomic E-state index is 13.9. The molecule has 0 saturated carbocycles. The molecule has 0 atom stereocenters. The Morgan fingerprint density at radius 2 is 1.54 bits per heavy atom. The van der Waals surface area contributed by atoms with Crippen LogP contribution >= 0.6 is 0 Å². The van der Waals surface area contributed by atoms with Crippen molar-refractivity contribution in [1.29, 1.82) is 0 Å². The number of rotatable bonds is 4. The minimum absolute atomic E-state index is 0.109. The molecule has 0 spiro atoms. The fourth-order valence-electron chi connectivity index (χ4n) is 2.10. The highest BCUT2D eigenvalue weighted by molar-refractivity contribution is 5.91. The summed E-state index contributed by atoms with van der Waals surface area (Å²) in [5, 5.41) is 8.97. The number of benzene rings is 2. The molecule has 0 bridgehead atoms. The Labute approximate surface area is 141 Å². The zero-order chi connectivity index (χ0) is 19.7. The predicted octanol–water partition coefficient (Wildman–Crippen LogP) is 5.44. The summed E-state index contributed by atoms with van der Waals surface area (Å²) in [6.07, 6.45) is -10.7. The van der Waals surface area contributed by atoms with Crippen molar-refractivity contribution in [2.45, 2.75) is 18.8 Å². The maximum Gasteiger partial charge on any atom is 0.419 e. The molecule has 0 aliphatic carbocycles. The molecule has 2 aromatic rings. The van der Waals surface area contributed by atoms with Gasteiger partial charge in [0, 0.05) is 0 Å². The average Bonchev–Trinajstić information content (AvgIpc) is 2.46. The van der Waals surface area contributed by atoms with E-state index >= 15 is 0 Å². The first-order chi connectivity index (χ1) is 11.9. The second-order valence-electron chi connectivity index (χ2n) is 5.14. The molecule has 0 aliphatic rings. The summed E-state index contributed by atoms with van der Waals surface area (Å²) < 4.78 is 93.8. The van der Waals surface area contributed by atoms with Crippen molar-refractivity contribution in [3.8, 4) is 11.5 Å². The number of hydrogen-bond donors (Lipinski definition) is 1. The second-order valence-corrected chi connectivity index (χ2v) is 5.14. The molecule has 0 unspecified atom stereocenters. The number of carboxylic acids is 1. The van der Waals surface area contributed by atoms with Crippen LogP contribution in [0.15, 0.2) is 36.4 Å². The van der Waals surface area contributed by atoms with Gasteiger partial charge in [-0.1, -0.05) is 12.1 Å². The van der Waals surface area contributed by atoms with E-state index in [1.54, 1.807) is 0 Å². The van der Waals surface area contributed by atoms with Gasteiger partial charge in [0.25, 0.3) is 0 Å². The van der Waals surface area contributed by atoms with Crippen LogP contribution in [0.25, 0.3) is 0 Å². The quantitative estimate of drug-likeness (QED) is 0.717. The van der Waals surface area contributed by atoms with Crippen LogP contribution in [0.4, 0.5) is 30.7 Å². The smallest absolute Gasteiger partial charge is 0.419 e. The molecule has 10 heteroatoms. The first kappa shape index (κ1) is 19.5. The third-order valence-corrected chi connectivity index (χ3v) is 3.18. The summed E-state index contributed by atoms with van der Waals surface area (Å²) in [5.41, 5.74) is -3.22. The molecule has 2 aromatic carbocycles. The molecule has 26 heavy (non-hydrogen) atoms. The topological polar surface area (TPSA) is 46.5 Å². The van der Waals surface area contributed by atoms with Gasteiger partial charge in [0.2, 0.25) is 0 Å². The van der Waals surface area contributed by atoms with Crippen molar-refractivity contribution in [3.05, 3.63) is 58.9 Å². The van der Waals surface area contributed by atoms with Crippen molar-refractivity contribution >= 4 is 5.97 Å². The van der Waals surface area contributed by atoms with Gasteiger partial charge in [0.1, 0.15) is 17.1 Å². The Balaban J connectivity index is 2.35. The van der Waals surface area contributed by atoms with E-state index in [-0.39, 0.29) is 11.3 Å². The van der Waals surface area contributed by atoms with E-state index in [0.29, 0.717) is 12.1 Å². The minimum atomic E-state index is -5.11. The minimum Gasteiger partial charge on any atom is -0.477 e. The van der Waals surface area contributed by atoms with E-state index in [9.17, 15) is 35.5 Å². The number of alkyl halides is 6. The molecule has 0 heterocycles. The number of aromatic carboxylic acids is 1. The molecule has 0 saturated heterocycles. The fourth-order valence-corrected chi connectivity index (χ4v) is 2.10. The van der Waals surface area contributed by atoms with E-state index in [1.165, 1.54) is 0 Å². The number of carboxylic acid groups (broad SMARTS) is 1. The zero-order valence-corrected chi connectivity index (χ0v) is 12.6. The molecule has 0 amide bonds. The Bertz CT molecular complexity index is 808. The van der Waals surface area contributed by atoms with Gasteiger partial charge in [0.05, 0.1) is 12.0 Å². The maximum atomic E-state index is 13.9. The van der Waals surface area contributed by atoms with Gasteiger partial charge >= 0.3 is 18.3 Å². The molecule has 0 fully saturated rings. The Kier molecular flexibility index (Phi) is 5.15. The largest absolute Gasteiger partial charge is 0.477 e. The van der Waals surface area contributed by atoms with Crippen LogP contribution in [0.3, 0.4) is 0 Å². The summed E-state index contributed by atoms with van der Waals surface area (Å²) >= 11 is 0. The average molecular weight is 382 g/mol. The Morgan fingerprint density at radius 3 is 2.00 bits per heavy atom. The van der Waals surface area contributed by atoms with Crippen molar-refractivity contribution in [2.24, 2.45) is 0 Å². The van der Waals surface area contributed by atoms with Crippen LogP contribution in [-0.4, -0.2) is 17.3 Å². The lowest BCUT2D eigenvalue weighted by Crippen LogP contribution is -2.13. The van der Waals surface area contributed by atoms with Crippen molar-refractivity contribution in [1.82, 2.24) is 0 Å². The first-order valence-electron chi connectivity index (χ1n) is 6.85. The van der Waals surface area contributed by atoms with Gasteiger partial charge in [-0.3, -0.25) is 0 Å². The van der Waals surface area contributed by atoms with Crippen LogP contribution in [0.2, 0.25) is 0 Å².